The van der Waals surface area contributed by atoms with Gasteiger partial charge in [0.15, 0.2) is 0 Å². The zero-order valence-corrected chi connectivity index (χ0v) is 19.9. The van der Waals surface area contributed by atoms with E-state index in [1.54, 1.807) is 23.0 Å². The van der Waals surface area contributed by atoms with E-state index in [4.69, 9.17) is 32.7 Å². The number of nitrogens with zero attached hydrogens (tertiary/aromatic N) is 3. The van der Waals surface area contributed by atoms with Crippen LogP contribution in [0.5, 0.6) is 11.5 Å². The minimum Gasteiger partial charge on any atom is -0.495 e. The number of hydrogen-bond donors (Lipinski definition) is 2. The number of methoxy groups -OCH3 is 2. The fraction of sp³-hybridized carbons (Fsp3) is 0.125. The summed E-state index contributed by atoms with van der Waals surface area (Å²) in [6.45, 7) is 3.77. The second kappa shape index (κ2) is 10.0. The number of rotatable bonds is 8. The Morgan fingerprint density at radius 3 is 2.41 bits per heavy atom. The number of ether oxygens (including phenoxy) is 2. The van der Waals surface area contributed by atoms with Crippen LogP contribution in [0.4, 0.5) is 17.2 Å². The number of nitrogens with one attached hydrogen (secondary N) is 2. The van der Waals surface area contributed by atoms with Crippen LogP contribution in [0, 0.1) is 0 Å². The molecule has 34 heavy (non-hydrogen) atoms. The Kier molecular flexibility index (Phi) is 6.90. The van der Waals surface area contributed by atoms with Crippen molar-refractivity contribution < 1.29 is 14.3 Å². The van der Waals surface area contributed by atoms with Crippen LogP contribution in [-0.4, -0.2) is 34.9 Å². The number of pyridine rings is 1. The molecule has 10 heteroatoms. The molecule has 2 N–H and O–H groups in total. The number of carbonyl (C=O) groups is 1. The number of fused-ring (bicyclic) bond motifs is 1. The molecule has 0 atom stereocenters. The minimum atomic E-state index is -0.301. The summed E-state index contributed by atoms with van der Waals surface area (Å²) >= 11 is 13.0. The quantitative estimate of drug-likeness (QED) is 0.304. The number of aromatic nitrogens is 3. The van der Waals surface area contributed by atoms with E-state index in [0.29, 0.717) is 56.4 Å². The van der Waals surface area contributed by atoms with Crippen LogP contribution in [0.2, 0.25) is 10.0 Å². The van der Waals surface area contributed by atoms with Crippen LogP contribution in [0.15, 0.2) is 61.3 Å². The maximum absolute atomic E-state index is 11.7. The van der Waals surface area contributed by atoms with Crippen molar-refractivity contribution in [2.75, 3.05) is 24.9 Å². The van der Waals surface area contributed by atoms with E-state index >= 15 is 0 Å². The van der Waals surface area contributed by atoms with E-state index in [0.717, 1.165) is 5.52 Å². The molecule has 2 aromatic carbocycles. The summed E-state index contributed by atoms with van der Waals surface area (Å²) in [6, 6.07) is 12.7. The second-order valence-electron chi connectivity index (χ2n) is 7.15. The Labute approximate surface area is 206 Å². The van der Waals surface area contributed by atoms with Gasteiger partial charge in [-0.1, -0.05) is 41.9 Å². The maximum Gasteiger partial charge on any atom is 0.247 e. The molecule has 0 aliphatic rings. The molecule has 0 saturated carbocycles. The first-order chi connectivity index (χ1) is 16.4. The van der Waals surface area contributed by atoms with Crippen molar-refractivity contribution in [1.29, 1.82) is 0 Å². The number of anilines is 3. The molecule has 8 nitrogen and oxygen atoms in total. The Hall–Kier alpha value is -3.75. The number of amides is 1. The van der Waals surface area contributed by atoms with Crippen molar-refractivity contribution in [3.05, 3.63) is 76.9 Å². The molecule has 0 fully saturated rings. The third-order valence-electron chi connectivity index (χ3n) is 5.11. The highest BCUT2D eigenvalue weighted by Crippen LogP contribution is 2.41. The van der Waals surface area contributed by atoms with Gasteiger partial charge in [-0.3, -0.25) is 9.48 Å². The van der Waals surface area contributed by atoms with Crippen molar-refractivity contribution in [3.8, 4) is 11.5 Å². The van der Waals surface area contributed by atoms with Crippen molar-refractivity contribution in [3.63, 3.8) is 0 Å². The summed E-state index contributed by atoms with van der Waals surface area (Å²) in [7, 11) is 3.06. The molecule has 2 aromatic heterocycles. The number of hydrogen-bond acceptors (Lipinski definition) is 6. The zero-order chi connectivity index (χ0) is 24.2. The summed E-state index contributed by atoms with van der Waals surface area (Å²) < 4.78 is 12.4. The Morgan fingerprint density at radius 1 is 1.09 bits per heavy atom. The fourth-order valence-corrected chi connectivity index (χ4v) is 4.03. The van der Waals surface area contributed by atoms with Gasteiger partial charge >= 0.3 is 0 Å². The zero-order valence-electron chi connectivity index (χ0n) is 18.4. The van der Waals surface area contributed by atoms with Crippen LogP contribution in [0.3, 0.4) is 0 Å². The van der Waals surface area contributed by atoms with Crippen LogP contribution in [0.25, 0.3) is 11.0 Å². The lowest BCUT2D eigenvalue weighted by Crippen LogP contribution is -2.09. The molecule has 4 aromatic rings. The van der Waals surface area contributed by atoms with Crippen molar-refractivity contribution in [2.24, 2.45) is 0 Å². The molecule has 0 aliphatic carbocycles. The molecule has 0 radical (unpaired) electrons. The van der Waals surface area contributed by atoms with E-state index in [1.807, 2.05) is 30.3 Å². The van der Waals surface area contributed by atoms with E-state index < -0.39 is 0 Å². The van der Waals surface area contributed by atoms with Gasteiger partial charge in [0.2, 0.25) is 5.91 Å². The summed E-state index contributed by atoms with van der Waals surface area (Å²) in [5, 5.41) is 11.2. The maximum atomic E-state index is 11.7. The first kappa shape index (κ1) is 23.4. The van der Waals surface area contributed by atoms with Gasteiger partial charge in [-0.15, -0.1) is 0 Å². The van der Waals surface area contributed by atoms with Gasteiger partial charge in [-0.2, -0.15) is 5.10 Å². The Balaban J connectivity index is 1.64. The molecule has 0 spiro atoms. The standard InChI is InChI=1S/C24H21Cl2N5O3/c1-4-22(32)30-16-8-6-5-7-15(16)28-21-10-9-18-17(29-21)12-27-31(18)13-14-23(25)19(33-2)11-20(34-3)24(14)26/h4-12H,1,13H2,2-3H3,(H,28,29)(H,30,32). The molecule has 0 bridgehead atoms. The van der Waals surface area contributed by atoms with Crippen LogP contribution in [0.1, 0.15) is 5.56 Å². The number of para-hydroxylation sites is 2. The van der Waals surface area contributed by atoms with Crippen molar-refractivity contribution >= 4 is 57.3 Å². The molecular formula is C24H21Cl2N5O3. The Bertz CT molecular complexity index is 1360. The van der Waals surface area contributed by atoms with Gasteiger partial charge in [0.1, 0.15) is 22.8 Å². The van der Waals surface area contributed by atoms with Gasteiger partial charge in [-0.25, -0.2) is 4.98 Å². The van der Waals surface area contributed by atoms with Crippen LogP contribution < -0.4 is 20.1 Å². The van der Waals surface area contributed by atoms with Gasteiger partial charge < -0.3 is 20.1 Å². The monoisotopic (exact) mass is 497 g/mol. The Morgan fingerprint density at radius 2 is 1.76 bits per heavy atom. The SMILES string of the molecule is C=CC(=O)Nc1ccccc1Nc1ccc2c(cnn2Cc2c(Cl)c(OC)cc(OC)c2Cl)n1. The fourth-order valence-electron chi connectivity index (χ4n) is 3.41. The lowest BCUT2D eigenvalue weighted by molar-refractivity contribution is -0.111. The van der Waals surface area contributed by atoms with E-state index in [2.05, 4.69) is 27.3 Å². The van der Waals surface area contributed by atoms with Gasteiger partial charge in [-0.05, 0) is 30.3 Å². The minimum absolute atomic E-state index is 0.291. The van der Waals surface area contributed by atoms with Crippen LogP contribution in [-0.2, 0) is 11.3 Å². The molecule has 0 unspecified atom stereocenters. The summed E-state index contributed by atoms with van der Waals surface area (Å²) in [6.07, 6.45) is 2.87. The molecule has 4 rings (SSSR count). The normalized spacial score (nSPS) is 10.7. The average molecular weight is 498 g/mol. The van der Waals surface area contributed by atoms with Gasteiger partial charge in [0.25, 0.3) is 0 Å². The highest BCUT2D eigenvalue weighted by molar-refractivity contribution is 6.37. The first-order valence-corrected chi connectivity index (χ1v) is 10.9. The second-order valence-corrected chi connectivity index (χ2v) is 7.91. The van der Waals surface area contributed by atoms with E-state index in [9.17, 15) is 4.79 Å². The average Bonchev–Trinajstić information content (AvgIpc) is 3.25. The first-order valence-electron chi connectivity index (χ1n) is 10.2. The van der Waals surface area contributed by atoms with Crippen molar-refractivity contribution in [1.82, 2.24) is 14.8 Å². The molecule has 174 valence electrons. The summed E-state index contributed by atoms with van der Waals surface area (Å²) in [4.78, 5) is 16.4. The molecule has 0 saturated heterocycles. The highest BCUT2D eigenvalue weighted by Gasteiger charge is 2.19. The third-order valence-corrected chi connectivity index (χ3v) is 5.93. The molecule has 0 aliphatic heterocycles. The lowest BCUT2D eigenvalue weighted by atomic mass is 10.2. The molecule has 2 heterocycles. The predicted molar refractivity (Wildman–Crippen MR) is 135 cm³/mol. The van der Waals surface area contributed by atoms with Crippen molar-refractivity contribution in [2.45, 2.75) is 6.54 Å². The lowest BCUT2D eigenvalue weighted by Gasteiger charge is -2.15. The smallest absolute Gasteiger partial charge is 0.247 e. The van der Waals surface area contributed by atoms with E-state index in [1.165, 1.54) is 20.3 Å². The van der Waals surface area contributed by atoms with Crippen LogP contribution >= 0.6 is 23.2 Å². The largest absolute Gasteiger partial charge is 0.495 e. The van der Waals surface area contributed by atoms with Gasteiger partial charge in [0, 0.05) is 11.6 Å². The molecule has 1 amide bonds. The third kappa shape index (κ3) is 4.64. The van der Waals surface area contributed by atoms with E-state index in [-0.39, 0.29) is 5.91 Å². The predicted octanol–water partition coefficient (Wildman–Crippen LogP) is 5.67. The summed E-state index contributed by atoms with van der Waals surface area (Å²) in [5.74, 6) is 1.21. The van der Waals surface area contributed by atoms with Gasteiger partial charge in [0.05, 0.1) is 53.9 Å². The number of carbonyl (C=O) groups excluding carboxylic acids is 1. The number of benzene rings is 2. The number of halogens is 2. The topological polar surface area (TPSA) is 90.3 Å². The molecular weight excluding hydrogens is 477 g/mol. The summed E-state index contributed by atoms with van der Waals surface area (Å²) in [5.41, 5.74) is 3.38. The highest BCUT2D eigenvalue weighted by atomic mass is 35.5.